The predicted octanol–water partition coefficient (Wildman–Crippen LogP) is 3.19. The van der Waals surface area contributed by atoms with Crippen molar-refractivity contribution in [1.82, 2.24) is 0 Å². The number of Topliss-reactive ketones (excluding diaryl/α,β-unsaturated/α-hetero) is 1. The second-order valence-corrected chi connectivity index (χ2v) is 6.32. The van der Waals surface area contributed by atoms with Gasteiger partial charge in [-0.25, -0.2) is 0 Å². The molecule has 25 heavy (non-hydrogen) atoms. The molecule has 5 nitrogen and oxygen atoms in total. The molecule has 1 heterocycles. The number of rotatable bonds is 4. The van der Waals surface area contributed by atoms with Crippen LogP contribution in [0.4, 0.5) is 11.4 Å². The van der Waals surface area contributed by atoms with Gasteiger partial charge in [0.05, 0.1) is 5.92 Å². The molecule has 1 atom stereocenters. The lowest BCUT2D eigenvalue weighted by molar-refractivity contribution is -0.122. The number of hydrogen-bond donors (Lipinski definition) is 1. The largest absolute Gasteiger partial charge is 0.326 e. The number of hydrogen-bond acceptors (Lipinski definition) is 3. The van der Waals surface area contributed by atoms with E-state index in [0.717, 1.165) is 11.3 Å². The lowest BCUT2D eigenvalue weighted by Crippen LogP contribution is -2.28. The predicted molar refractivity (Wildman–Crippen MR) is 96.7 cm³/mol. The third-order valence-corrected chi connectivity index (χ3v) is 4.44. The fourth-order valence-electron chi connectivity index (χ4n) is 3.04. The van der Waals surface area contributed by atoms with Crippen LogP contribution in [0.2, 0.25) is 0 Å². The maximum absolute atomic E-state index is 12.5. The Morgan fingerprint density at radius 3 is 2.60 bits per heavy atom. The van der Waals surface area contributed by atoms with Crippen LogP contribution in [-0.2, 0) is 9.59 Å². The third-order valence-electron chi connectivity index (χ3n) is 4.44. The zero-order chi connectivity index (χ0) is 18.0. The number of nitrogens with zero attached hydrogens (tertiary/aromatic N) is 1. The minimum Gasteiger partial charge on any atom is -0.326 e. The highest BCUT2D eigenvalue weighted by molar-refractivity contribution is 6.04. The first-order valence-corrected chi connectivity index (χ1v) is 8.23. The Morgan fingerprint density at radius 2 is 1.88 bits per heavy atom. The summed E-state index contributed by atoms with van der Waals surface area (Å²) in [7, 11) is 0. The van der Waals surface area contributed by atoms with E-state index < -0.39 is 5.92 Å². The summed E-state index contributed by atoms with van der Waals surface area (Å²) in [5.74, 6) is -0.719. The molecule has 1 aliphatic heterocycles. The Hall–Kier alpha value is -2.95. The van der Waals surface area contributed by atoms with Crippen LogP contribution < -0.4 is 10.2 Å². The van der Waals surface area contributed by atoms with Crippen molar-refractivity contribution in [3.63, 3.8) is 0 Å². The molecule has 0 unspecified atom stereocenters. The summed E-state index contributed by atoms with van der Waals surface area (Å²) in [5, 5.41) is 2.82. The first-order valence-electron chi connectivity index (χ1n) is 8.23. The lowest BCUT2D eigenvalue weighted by Gasteiger charge is -2.19. The average molecular weight is 336 g/mol. The minimum atomic E-state index is -0.409. The normalized spacial score (nSPS) is 16.8. The Morgan fingerprint density at radius 1 is 1.12 bits per heavy atom. The smallest absolute Gasteiger partial charge is 0.229 e. The van der Waals surface area contributed by atoms with Gasteiger partial charge < -0.3 is 10.2 Å². The number of aryl methyl sites for hydroxylation is 1. The number of benzene rings is 2. The summed E-state index contributed by atoms with van der Waals surface area (Å²) >= 11 is 0. The van der Waals surface area contributed by atoms with Crippen molar-refractivity contribution in [2.24, 2.45) is 5.92 Å². The summed E-state index contributed by atoms with van der Waals surface area (Å²) in [5.41, 5.74) is 2.97. The van der Waals surface area contributed by atoms with E-state index in [9.17, 15) is 14.4 Å². The van der Waals surface area contributed by atoms with Gasteiger partial charge in [0.25, 0.3) is 0 Å². The molecule has 2 aromatic carbocycles. The Bertz CT molecular complexity index is 844. The topological polar surface area (TPSA) is 66.5 Å². The van der Waals surface area contributed by atoms with Crippen molar-refractivity contribution in [3.05, 3.63) is 59.7 Å². The van der Waals surface area contributed by atoms with Gasteiger partial charge in [-0.05, 0) is 37.6 Å². The van der Waals surface area contributed by atoms with Crippen LogP contribution in [0.3, 0.4) is 0 Å². The van der Waals surface area contributed by atoms with E-state index in [1.165, 1.54) is 6.92 Å². The summed E-state index contributed by atoms with van der Waals surface area (Å²) in [4.78, 5) is 38.0. The van der Waals surface area contributed by atoms with E-state index in [0.29, 0.717) is 17.8 Å². The van der Waals surface area contributed by atoms with Crippen molar-refractivity contribution >= 4 is 29.0 Å². The zero-order valence-electron chi connectivity index (χ0n) is 14.3. The summed E-state index contributed by atoms with van der Waals surface area (Å²) in [6.45, 7) is 3.79. The first-order chi connectivity index (χ1) is 12.0. The van der Waals surface area contributed by atoms with Crippen LogP contribution in [0.5, 0.6) is 0 Å². The van der Waals surface area contributed by atoms with Crippen LogP contribution in [0, 0.1) is 12.8 Å². The fraction of sp³-hybridized carbons (Fsp3) is 0.250. The number of anilines is 2. The Kier molecular flexibility index (Phi) is 4.65. The monoisotopic (exact) mass is 336 g/mol. The number of para-hydroxylation sites is 1. The highest BCUT2D eigenvalue weighted by atomic mass is 16.2. The van der Waals surface area contributed by atoms with Crippen molar-refractivity contribution in [3.8, 4) is 0 Å². The molecule has 0 aliphatic carbocycles. The van der Waals surface area contributed by atoms with E-state index in [1.54, 1.807) is 29.2 Å². The second-order valence-electron chi connectivity index (χ2n) is 6.32. The number of carbonyl (C=O) groups is 3. The SMILES string of the molecule is CC(=O)c1cccc(NC(=O)[C@H]2CC(=O)N(c3ccccc3C)C2)c1. The van der Waals surface area contributed by atoms with E-state index in [-0.39, 0.29) is 24.0 Å². The Balaban J connectivity index is 1.72. The zero-order valence-corrected chi connectivity index (χ0v) is 14.3. The molecule has 0 spiro atoms. The molecule has 2 amide bonds. The molecule has 0 bridgehead atoms. The summed E-state index contributed by atoms with van der Waals surface area (Å²) in [6, 6.07) is 14.5. The maximum atomic E-state index is 12.5. The molecular formula is C20H20N2O3. The molecule has 5 heteroatoms. The van der Waals surface area contributed by atoms with E-state index in [4.69, 9.17) is 0 Å². The van der Waals surface area contributed by atoms with Crippen molar-refractivity contribution < 1.29 is 14.4 Å². The molecule has 2 aromatic rings. The van der Waals surface area contributed by atoms with Gasteiger partial charge in [-0.3, -0.25) is 14.4 Å². The quantitative estimate of drug-likeness (QED) is 0.872. The van der Waals surface area contributed by atoms with Gasteiger partial charge >= 0.3 is 0 Å². The third kappa shape index (κ3) is 3.60. The van der Waals surface area contributed by atoms with Crippen LogP contribution in [0.25, 0.3) is 0 Å². The van der Waals surface area contributed by atoms with Gasteiger partial charge in [-0.2, -0.15) is 0 Å². The molecule has 0 saturated carbocycles. The van der Waals surface area contributed by atoms with Gasteiger partial charge in [0.15, 0.2) is 5.78 Å². The minimum absolute atomic E-state index is 0.0491. The van der Waals surface area contributed by atoms with Gasteiger partial charge in [0.1, 0.15) is 0 Å². The van der Waals surface area contributed by atoms with Crippen molar-refractivity contribution in [2.45, 2.75) is 20.3 Å². The van der Waals surface area contributed by atoms with Crippen LogP contribution in [0.1, 0.15) is 29.3 Å². The number of amides is 2. The molecule has 3 rings (SSSR count). The summed E-state index contributed by atoms with van der Waals surface area (Å²) in [6.07, 6.45) is 0.187. The maximum Gasteiger partial charge on any atom is 0.229 e. The summed E-state index contributed by atoms with van der Waals surface area (Å²) < 4.78 is 0. The van der Waals surface area contributed by atoms with Gasteiger partial charge in [0, 0.05) is 29.9 Å². The van der Waals surface area contributed by atoms with Crippen molar-refractivity contribution in [2.75, 3.05) is 16.8 Å². The van der Waals surface area contributed by atoms with Crippen LogP contribution >= 0.6 is 0 Å². The van der Waals surface area contributed by atoms with E-state index in [2.05, 4.69) is 5.32 Å². The molecule has 1 N–H and O–H groups in total. The number of ketones is 1. The molecule has 1 saturated heterocycles. The fourth-order valence-corrected chi connectivity index (χ4v) is 3.04. The standard InChI is InChI=1S/C20H20N2O3/c1-13-6-3-4-9-18(13)22-12-16(11-19(22)24)20(25)21-17-8-5-7-15(10-17)14(2)23/h3-10,16H,11-12H2,1-2H3,(H,21,25)/t16-/m0/s1. The van der Waals surface area contributed by atoms with Gasteiger partial charge in [-0.1, -0.05) is 30.3 Å². The molecule has 0 aromatic heterocycles. The molecular weight excluding hydrogens is 316 g/mol. The highest BCUT2D eigenvalue weighted by Gasteiger charge is 2.35. The number of nitrogens with one attached hydrogen (secondary N) is 1. The molecule has 1 fully saturated rings. The van der Waals surface area contributed by atoms with Crippen LogP contribution in [0.15, 0.2) is 48.5 Å². The van der Waals surface area contributed by atoms with Crippen LogP contribution in [-0.4, -0.2) is 24.1 Å². The van der Waals surface area contributed by atoms with Crippen molar-refractivity contribution in [1.29, 1.82) is 0 Å². The van der Waals surface area contributed by atoms with Gasteiger partial charge in [-0.15, -0.1) is 0 Å². The average Bonchev–Trinajstić information content (AvgIpc) is 2.97. The second kappa shape index (κ2) is 6.89. The van der Waals surface area contributed by atoms with Gasteiger partial charge in [0.2, 0.25) is 11.8 Å². The Labute approximate surface area is 146 Å². The van der Waals surface area contributed by atoms with E-state index >= 15 is 0 Å². The highest BCUT2D eigenvalue weighted by Crippen LogP contribution is 2.28. The van der Waals surface area contributed by atoms with E-state index in [1.807, 2.05) is 31.2 Å². The lowest BCUT2D eigenvalue weighted by atomic mass is 10.1. The molecule has 128 valence electrons. The number of carbonyl (C=O) groups excluding carboxylic acids is 3. The molecule has 1 aliphatic rings. The molecule has 0 radical (unpaired) electrons. The first kappa shape index (κ1) is 16.9.